The van der Waals surface area contributed by atoms with Crippen molar-refractivity contribution in [3.8, 4) is 0 Å². The highest BCUT2D eigenvalue weighted by Crippen LogP contribution is 2.13. The molecule has 0 heterocycles. The highest BCUT2D eigenvalue weighted by Gasteiger charge is 2.27. The van der Waals surface area contributed by atoms with Gasteiger partial charge in [-0.05, 0) is 6.42 Å². The van der Waals surface area contributed by atoms with Crippen molar-refractivity contribution in [2.24, 2.45) is 0 Å². The summed E-state index contributed by atoms with van der Waals surface area (Å²) in [7, 11) is 1.52. The van der Waals surface area contributed by atoms with Crippen molar-refractivity contribution in [2.45, 2.75) is 12.6 Å². The molecule has 0 fully saturated rings. The van der Waals surface area contributed by atoms with Gasteiger partial charge in [-0.15, -0.1) is 0 Å². The molecule has 0 bridgehead atoms. The maximum atomic E-state index is 11.4. The summed E-state index contributed by atoms with van der Waals surface area (Å²) in [5, 5.41) is 0. The van der Waals surface area contributed by atoms with Crippen molar-refractivity contribution in [3.05, 3.63) is 0 Å². The molecular formula is C6H12F3NO2. The molecule has 0 saturated heterocycles. The van der Waals surface area contributed by atoms with E-state index in [0.717, 1.165) is 0 Å². The second-order valence-electron chi connectivity index (χ2n) is 2.14. The van der Waals surface area contributed by atoms with Crippen LogP contribution in [-0.4, -0.2) is 33.0 Å². The average Bonchev–Trinajstić information content (AvgIpc) is 1.94. The number of rotatable bonds is 6. The maximum Gasteiger partial charge on any atom is 0.413 e. The SMILES string of the molecule is COCCCNOCC(F)(F)F. The second kappa shape index (κ2) is 6.22. The minimum Gasteiger partial charge on any atom is -0.385 e. The first-order valence-corrected chi connectivity index (χ1v) is 3.46. The van der Waals surface area contributed by atoms with Gasteiger partial charge in [-0.25, -0.2) is 5.48 Å². The molecule has 6 heteroatoms. The topological polar surface area (TPSA) is 30.5 Å². The Balaban J connectivity index is 3.01. The Morgan fingerprint density at radius 2 is 2.00 bits per heavy atom. The monoisotopic (exact) mass is 187 g/mol. The van der Waals surface area contributed by atoms with E-state index in [1.165, 1.54) is 7.11 Å². The normalized spacial score (nSPS) is 12.0. The van der Waals surface area contributed by atoms with Gasteiger partial charge in [0.25, 0.3) is 0 Å². The van der Waals surface area contributed by atoms with Crippen LogP contribution in [0.1, 0.15) is 6.42 Å². The third-order valence-electron chi connectivity index (χ3n) is 0.965. The number of ether oxygens (including phenoxy) is 1. The van der Waals surface area contributed by atoms with Gasteiger partial charge in [0.2, 0.25) is 0 Å². The van der Waals surface area contributed by atoms with E-state index in [4.69, 9.17) is 0 Å². The summed E-state index contributed by atoms with van der Waals surface area (Å²) < 4.78 is 39.0. The van der Waals surface area contributed by atoms with Crippen LogP contribution in [0.4, 0.5) is 13.2 Å². The van der Waals surface area contributed by atoms with Crippen LogP contribution < -0.4 is 5.48 Å². The average molecular weight is 187 g/mol. The fourth-order valence-electron chi connectivity index (χ4n) is 0.494. The van der Waals surface area contributed by atoms with Crippen LogP contribution >= 0.6 is 0 Å². The maximum absolute atomic E-state index is 11.4. The molecule has 0 aliphatic carbocycles. The third-order valence-corrected chi connectivity index (χ3v) is 0.965. The van der Waals surface area contributed by atoms with Crippen LogP contribution in [0.2, 0.25) is 0 Å². The van der Waals surface area contributed by atoms with Crippen LogP contribution in [-0.2, 0) is 9.57 Å². The van der Waals surface area contributed by atoms with Crippen LogP contribution in [0.5, 0.6) is 0 Å². The second-order valence-corrected chi connectivity index (χ2v) is 2.14. The van der Waals surface area contributed by atoms with Gasteiger partial charge in [0.05, 0.1) is 0 Å². The molecule has 0 aromatic heterocycles. The van der Waals surface area contributed by atoms with E-state index in [9.17, 15) is 13.2 Å². The molecule has 0 radical (unpaired) electrons. The summed E-state index contributed by atoms with van der Waals surface area (Å²) in [4.78, 5) is 4.11. The molecule has 0 atom stereocenters. The van der Waals surface area contributed by atoms with E-state index in [1.807, 2.05) is 0 Å². The molecule has 0 saturated carbocycles. The van der Waals surface area contributed by atoms with Crippen LogP contribution in [0.15, 0.2) is 0 Å². The molecular weight excluding hydrogens is 175 g/mol. The Kier molecular flexibility index (Phi) is 6.04. The predicted octanol–water partition coefficient (Wildman–Crippen LogP) is 1.11. The lowest BCUT2D eigenvalue weighted by Crippen LogP contribution is -2.25. The zero-order valence-electron chi connectivity index (χ0n) is 6.78. The predicted molar refractivity (Wildman–Crippen MR) is 36.5 cm³/mol. The van der Waals surface area contributed by atoms with Crippen molar-refractivity contribution in [2.75, 3.05) is 26.9 Å². The lowest BCUT2D eigenvalue weighted by Gasteiger charge is -2.07. The zero-order valence-corrected chi connectivity index (χ0v) is 6.78. The van der Waals surface area contributed by atoms with E-state index in [1.54, 1.807) is 0 Å². The van der Waals surface area contributed by atoms with E-state index in [2.05, 4.69) is 15.1 Å². The third kappa shape index (κ3) is 9.67. The first-order chi connectivity index (χ1) is 5.56. The lowest BCUT2D eigenvalue weighted by atomic mass is 10.5. The van der Waals surface area contributed by atoms with Gasteiger partial charge in [-0.1, -0.05) is 0 Å². The zero-order chi connectivity index (χ0) is 9.45. The highest BCUT2D eigenvalue weighted by molar-refractivity contribution is 4.44. The molecule has 0 unspecified atom stereocenters. The lowest BCUT2D eigenvalue weighted by molar-refractivity contribution is -0.189. The molecule has 1 N–H and O–H groups in total. The Bertz CT molecular complexity index is 107. The Morgan fingerprint density at radius 1 is 1.33 bits per heavy atom. The number of methoxy groups -OCH3 is 1. The number of alkyl halides is 3. The number of hydroxylamine groups is 1. The van der Waals surface area contributed by atoms with Crippen LogP contribution in [0.3, 0.4) is 0 Å². The van der Waals surface area contributed by atoms with Crippen molar-refractivity contribution >= 4 is 0 Å². The van der Waals surface area contributed by atoms with E-state index >= 15 is 0 Å². The highest BCUT2D eigenvalue weighted by atomic mass is 19.4. The fourth-order valence-corrected chi connectivity index (χ4v) is 0.494. The van der Waals surface area contributed by atoms with E-state index in [-0.39, 0.29) is 0 Å². The van der Waals surface area contributed by atoms with Crippen molar-refractivity contribution in [1.82, 2.24) is 5.48 Å². The summed E-state index contributed by atoms with van der Waals surface area (Å²) >= 11 is 0. The van der Waals surface area contributed by atoms with E-state index in [0.29, 0.717) is 19.6 Å². The number of nitrogens with one attached hydrogen (secondary N) is 1. The van der Waals surface area contributed by atoms with Gasteiger partial charge >= 0.3 is 6.18 Å². The van der Waals surface area contributed by atoms with Gasteiger partial charge < -0.3 is 4.74 Å². The minimum absolute atomic E-state index is 0.351. The Morgan fingerprint density at radius 3 is 2.50 bits per heavy atom. The van der Waals surface area contributed by atoms with Gasteiger partial charge in [0.15, 0.2) is 6.61 Å². The quantitative estimate of drug-likeness (QED) is 0.499. The van der Waals surface area contributed by atoms with Crippen LogP contribution in [0.25, 0.3) is 0 Å². The Hall–Kier alpha value is -0.330. The summed E-state index contributed by atoms with van der Waals surface area (Å²) in [6.07, 6.45) is -3.65. The summed E-state index contributed by atoms with van der Waals surface area (Å²) in [6, 6.07) is 0. The molecule has 0 spiro atoms. The fraction of sp³-hybridized carbons (Fsp3) is 1.00. The number of hydrogen-bond donors (Lipinski definition) is 1. The molecule has 3 nitrogen and oxygen atoms in total. The van der Waals surface area contributed by atoms with Gasteiger partial charge in [0, 0.05) is 20.3 Å². The first-order valence-electron chi connectivity index (χ1n) is 3.46. The van der Waals surface area contributed by atoms with Gasteiger partial charge in [-0.3, -0.25) is 4.84 Å². The van der Waals surface area contributed by atoms with Gasteiger partial charge in [0.1, 0.15) is 0 Å². The largest absolute Gasteiger partial charge is 0.413 e. The molecule has 0 aliphatic heterocycles. The Labute approximate surface area is 68.8 Å². The number of halogens is 3. The molecule has 12 heavy (non-hydrogen) atoms. The van der Waals surface area contributed by atoms with E-state index < -0.39 is 12.8 Å². The van der Waals surface area contributed by atoms with Crippen molar-refractivity contribution in [3.63, 3.8) is 0 Å². The van der Waals surface area contributed by atoms with Crippen molar-refractivity contribution in [1.29, 1.82) is 0 Å². The first kappa shape index (κ1) is 11.7. The smallest absolute Gasteiger partial charge is 0.385 e. The molecule has 0 amide bonds. The van der Waals surface area contributed by atoms with Gasteiger partial charge in [-0.2, -0.15) is 13.2 Å². The number of hydrogen-bond acceptors (Lipinski definition) is 3. The van der Waals surface area contributed by atoms with Crippen LogP contribution in [0, 0.1) is 0 Å². The summed E-state index contributed by atoms with van der Waals surface area (Å²) in [5.74, 6) is 0. The summed E-state index contributed by atoms with van der Waals surface area (Å²) in [5.41, 5.74) is 2.18. The molecule has 0 aromatic rings. The molecule has 74 valence electrons. The van der Waals surface area contributed by atoms with Crippen molar-refractivity contribution < 1.29 is 22.7 Å². The molecule has 0 aliphatic rings. The standard InChI is InChI=1S/C6H12F3NO2/c1-11-4-2-3-10-12-5-6(7,8)9/h10H,2-5H2,1H3. The molecule has 0 aromatic carbocycles. The molecule has 0 rings (SSSR count). The minimum atomic E-state index is -4.27. The summed E-state index contributed by atoms with van der Waals surface area (Å²) in [6.45, 7) is -0.410.